The van der Waals surface area contributed by atoms with E-state index in [0.29, 0.717) is 0 Å². The first-order valence-corrected chi connectivity index (χ1v) is 7.04. The first-order valence-electron chi connectivity index (χ1n) is 7.04. The molecule has 0 spiro atoms. The summed E-state index contributed by atoms with van der Waals surface area (Å²) in [5, 5.41) is 9.37. The van der Waals surface area contributed by atoms with E-state index in [4.69, 9.17) is 11.5 Å². The van der Waals surface area contributed by atoms with E-state index in [1.54, 1.807) is 0 Å². The lowest BCUT2D eigenvalue weighted by Crippen LogP contribution is -2.53. The molecule has 0 unspecified atom stereocenters. The molecule has 1 aromatic carbocycles. The van der Waals surface area contributed by atoms with Gasteiger partial charge in [0.15, 0.2) is 0 Å². The highest BCUT2D eigenvalue weighted by atomic mass is 16.4. The summed E-state index contributed by atoms with van der Waals surface area (Å²) in [5.41, 5.74) is 12.7. The lowest BCUT2D eigenvalue weighted by Gasteiger charge is -2.35. The second-order valence-corrected chi connectivity index (χ2v) is 5.40. The van der Waals surface area contributed by atoms with Crippen LogP contribution in [0.1, 0.15) is 24.0 Å². The molecule has 0 saturated heterocycles. The minimum absolute atomic E-state index is 0.00489. The van der Waals surface area contributed by atoms with Gasteiger partial charge in [-0.3, -0.25) is 9.59 Å². The van der Waals surface area contributed by atoms with Crippen molar-refractivity contribution in [1.29, 1.82) is 0 Å². The van der Waals surface area contributed by atoms with Gasteiger partial charge in [-0.1, -0.05) is 24.3 Å². The Hall–Kier alpha value is -2.41. The highest BCUT2D eigenvalue weighted by molar-refractivity contribution is 5.88. The van der Waals surface area contributed by atoms with Gasteiger partial charge in [0.2, 0.25) is 11.8 Å². The SMILES string of the molecule is NC(=O)CC[C@H](N)C(=O)N1Cc2ccccc2C[C@H]1C(=O)O. The molecule has 22 heavy (non-hydrogen) atoms. The summed E-state index contributed by atoms with van der Waals surface area (Å²) in [6.45, 7) is 0.205. The number of primary amides is 1. The van der Waals surface area contributed by atoms with Crippen molar-refractivity contribution in [3.05, 3.63) is 35.4 Å². The molecule has 7 heteroatoms. The number of nitrogens with zero attached hydrogens (tertiary/aromatic N) is 1. The Kier molecular flexibility index (Phi) is 4.77. The lowest BCUT2D eigenvalue weighted by atomic mass is 9.93. The molecule has 0 radical (unpaired) electrons. The number of benzene rings is 1. The highest BCUT2D eigenvalue weighted by Crippen LogP contribution is 2.24. The van der Waals surface area contributed by atoms with Crippen LogP contribution in [0.25, 0.3) is 0 Å². The Balaban J connectivity index is 2.18. The van der Waals surface area contributed by atoms with Gasteiger partial charge in [-0.2, -0.15) is 0 Å². The third-order valence-corrected chi connectivity index (χ3v) is 3.84. The zero-order valence-electron chi connectivity index (χ0n) is 12.1. The maximum atomic E-state index is 12.4. The number of amides is 2. The second-order valence-electron chi connectivity index (χ2n) is 5.40. The van der Waals surface area contributed by atoms with E-state index in [1.807, 2.05) is 24.3 Å². The van der Waals surface area contributed by atoms with Gasteiger partial charge in [0, 0.05) is 19.4 Å². The van der Waals surface area contributed by atoms with Crippen LogP contribution < -0.4 is 11.5 Å². The van der Waals surface area contributed by atoms with E-state index in [1.165, 1.54) is 4.90 Å². The summed E-state index contributed by atoms with van der Waals surface area (Å²) in [6, 6.07) is 5.54. The van der Waals surface area contributed by atoms with Crippen molar-refractivity contribution < 1.29 is 19.5 Å². The van der Waals surface area contributed by atoms with Crippen molar-refractivity contribution in [3.63, 3.8) is 0 Å². The first kappa shape index (κ1) is 16.0. The van der Waals surface area contributed by atoms with Crippen molar-refractivity contribution in [2.24, 2.45) is 11.5 Å². The van der Waals surface area contributed by atoms with Crippen molar-refractivity contribution >= 4 is 17.8 Å². The minimum Gasteiger partial charge on any atom is -0.480 e. The van der Waals surface area contributed by atoms with Crippen molar-refractivity contribution in [2.45, 2.75) is 37.9 Å². The van der Waals surface area contributed by atoms with Crippen molar-refractivity contribution in [1.82, 2.24) is 4.90 Å². The predicted molar refractivity (Wildman–Crippen MR) is 78.5 cm³/mol. The third-order valence-electron chi connectivity index (χ3n) is 3.84. The standard InChI is InChI=1S/C15H19N3O4/c16-11(5-6-13(17)19)14(20)18-8-10-4-2-1-3-9(10)7-12(18)15(21)22/h1-4,11-12H,5-8,16H2,(H2,17,19)(H,21,22)/t11-,12-/m0/s1. The Morgan fingerprint density at radius 3 is 2.50 bits per heavy atom. The monoisotopic (exact) mass is 305 g/mol. The minimum atomic E-state index is -1.06. The van der Waals surface area contributed by atoms with Crippen LogP contribution in [0, 0.1) is 0 Å². The lowest BCUT2D eigenvalue weighted by molar-refractivity contribution is -0.152. The molecule has 1 aliphatic heterocycles. The molecule has 1 aromatic rings. The van der Waals surface area contributed by atoms with Crippen molar-refractivity contribution in [3.8, 4) is 0 Å². The summed E-state index contributed by atoms with van der Waals surface area (Å²) in [7, 11) is 0. The maximum Gasteiger partial charge on any atom is 0.326 e. The number of rotatable bonds is 5. The summed E-state index contributed by atoms with van der Waals surface area (Å²) in [5.74, 6) is -2.07. The summed E-state index contributed by atoms with van der Waals surface area (Å²) in [6.07, 6.45) is 0.355. The van der Waals surface area contributed by atoms with Gasteiger partial charge in [0.25, 0.3) is 0 Å². The number of carbonyl (C=O) groups excluding carboxylic acids is 2. The summed E-state index contributed by atoms with van der Waals surface area (Å²) < 4.78 is 0. The fourth-order valence-corrected chi connectivity index (χ4v) is 2.61. The van der Waals surface area contributed by atoms with Crippen LogP contribution in [0.4, 0.5) is 0 Å². The molecule has 5 N–H and O–H groups in total. The van der Waals surface area contributed by atoms with Crippen molar-refractivity contribution in [2.75, 3.05) is 0 Å². The molecular weight excluding hydrogens is 286 g/mol. The van der Waals surface area contributed by atoms with Crippen LogP contribution >= 0.6 is 0 Å². The number of carbonyl (C=O) groups is 3. The van der Waals surface area contributed by atoms with Gasteiger partial charge < -0.3 is 21.5 Å². The molecule has 118 valence electrons. The topological polar surface area (TPSA) is 127 Å². The molecule has 7 nitrogen and oxygen atoms in total. The molecule has 1 heterocycles. The number of carboxylic acid groups (broad SMARTS) is 1. The number of nitrogens with two attached hydrogens (primary N) is 2. The van der Waals surface area contributed by atoms with Crippen LogP contribution in [0.2, 0.25) is 0 Å². The summed E-state index contributed by atoms with van der Waals surface area (Å²) >= 11 is 0. The first-order chi connectivity index (χ1) is 10.4. The fourth-order valence-electron chi connectivity index (χ4n) is 2.61. The average Bonchev–Trinajstić information content (AvgIpc) is 2.50. The zero-order valence-corrected chi connectivity index (χ0v) is 12.1. The Morgan fingerprint density at radius 1 is 1.27 bits per heavy atom. The second kappa shape index (κ2) is 6.57. The molecule has 0 aromatic heterocycles. The van der Waals surface area contributed by atoms with Crippen LogP contribution in [0.3, 0.4) is 0 Å². The number of aliphatic carboxylic acids is 1. The van der Waals surface area contributed by atoms with E-state index >= 15 is 0 Å². The fraction of sp³-hybridized carbons (Fsp3) is 0.400. The van der Waals surface area contributed by atoms with Crippen LogP contribution in [0.15, 0.2) is 24.3 Å². The number of hydrogen-bond donors (Lipinski definition) is 3. The molecule has 1 aliphatic rings. The van der Waals surface area contributed by atoms with E-state index < -0.39 is 29.9 Å². The molecule has 2 amide bonds. The molecule has 0 aliphatic carbocycles. The van der Waals surface area contributed by atoms with Gasteiger partial charge in [-0.15, -0.1) is 0 Å². The molecule has 2 atom stereocenters. The average molecular weight is 305 g/mol. The Morgan fingerprint density at radius 2 is 1.91 bits per heavy atom. The predicted octanol–water partition coefficient (Wildman–Crippen LogP) is -0.383. The smallest absolute Gasteiger partial charge is 0.326 e. The number of carboxylic acids is 1. The third kappa shape index (κ3) is 3.43. The van der Waals surface area contributed by atoms with Gasteiger partial charge >= 0.3 is 5.97 Å². The van der Waals surface area contributed by atoms with Crippen LogP contribution in [-0.2, 0) is 27.3 Å². The van der Waals surface area contributed by atoms with Crippen LogP contribution in [0.5, 0.6) is 0 Å². The largest absolute Gasteiger partial charge is 0.480 e. The molecule has 0 bridgehead atoms. The molecule has 2 rings (SSSR count). The van der Waals surface area contributed by atoms with E-state index in [9.17, 15) is 19.5 Å². The molecular formula is C15H19N3O4. The number of fused-ring (bicyclic) bond motifs is 1. The van der Waals surface area contributed by atoms with Gasteiger partial charge in [0.1, 0.15) is 6.04 Å². The molecule has 0 fully saturated rings. The number of hydrogen-bond acceptors (Lipinski definition) is 4. The summed E-state index contributed by atoms with van der Waals surface area (Å²) in [4.78, 5) is 35.9. The van der Waals surface area contributed by atoms with E-state index in [2.05, 4.69) is 0 Å². The molecule has 0 saturated carbocycles. The quantitative estimate of drug-likeness (QED) is 0.683. The van der Waals surface area contributed by atoms with Gasteiger partial charge in [-0.25, -0.2) is 4.79 Å². The van der Waals surface area contributed by atoms with Gasteiger partial charge in [0.05, 0.1) is 6.04 Å². The normalized spacial score (nSPS) is 18.4. The van der Waals surface area contributed by atoms with E-state index in [-0.39, 0.29) is 25.8 Å². The Labute approximate surface area is 127 Å². The van der Waals surface area contributed by atoms with Crippen LogP contribution in [-0.4, -0.2) is 39.9 Å². The zero-order chi connectivity index (χ0) is 16.3. The Bertz CT molecular complexity index is 602. The van der Waals surface area contributed by atoms with Gasteiger partial charge in [-0.05, 0) is 17.5 Å². The maximum absolute atomic E-state index is 12.4. The highest BCUT2D eigenvalue weighted by Gasteiger charge is 2.36. The van der Waals surface area contributed by atoms with E-state index in [0.717, 1.165) is 11.1 Å².